The molecular weight excluding hydrogens is 572 g/mol. The van der Waals surface area contributed by atoms with Crippen LogP contribution in [0.5, 0.6) is 0 Å². The molecule has 1 heterocycles. The zero-order chi connectivity index (χ0) is 32.0. The van der Waals surface area contributed by atoms with Crippen molar-refractivity contribution in [1.29, 1.82) is 0 Å². The zero-order valence-corrected chi connectivity index (χ0v) is 27.9. The Morgan fingerprint density at radius 2 is 1.55 bits per heavy atom. The second-order valence-corrected chi connectivity index (χ2v) is 15.4. The van der Waals surface area contributed by atoms with Gasteiger partial charge in [-0.25, -0.2) is 13.1 Å². The monoisotopic (exact) mass is 618 g/mol. The highest BCUT2D eigenvalue weighted by atomic mass is 32.2. The summed E-state index contributed by atoms with van der Waals surface area (Å²) < 4.78 is 27.2. The summed E-state index contributed by atoms with van der Waals surface area (Å²) in [5.74, 6) is -1.51. The van der Waals surface area contributed by atoms with Crippen LogP contribution in [0.3, 0.4) is 0 Å². The number of likely N-dealkylation sites (N-methyl/N-ethyl adjacent to an activating group) is 2. The molecule has 2 aromatic rings. The largest absolute Gasteiger partial charge is 0.342 e. The molecule has 0 aliphatic carbocycles. The molecule has 3 amide bonds. The average Bonchev–Trinajstić information content (AvgIpc) is 3.45. The number of hydrogen-bond donors (Lipinski definition) is 3. The second-order valence-electron chi connectivity index (χ2n) is 12.5. The molecule has 1 aromatic heterocycles. The molecule has 0 aliphatic rings. The Kier molecular flexibility index (Phi) is 11.7. The molecule has 0 fully saturated rings. The fraction of sp³-hybridized carbons (Fsp3) is 0.516. The van der Waals surface area contributed by atoms with Crippen LogP contribution in [0.15, 0.2) is 63.7 Å². The van der Waals surface area contributed by atoms with Crippen LogP contribution < -0.4 is 15.4 Å². The number of sulfonamides is 1. The molecule has 0 aliphatic heterocycles. The molecule has 0 unspecified atom stereocenters. The molecule has 0 bridgehead atoms. The van der Waals surface area contributed by atoms with Crippen molar-refractivity contribution in [1.82, 2.24) is 20.3 Å². The minimum absolute atomic E-state index is 0.0374. The second kappa shape index (κ2) is 14.0. The molecule has 0 spiro atoms. The summed E-state index contributed by atoms with van der Waals surface area (Å²) in [6, 6.07) is 10.7. The van der Waals surface area contributed by atoms with E-state index in [1.54, 1.807) is 31.6 Å². The summed E-state index contributed by atoms with van der Waals surface area (Å²) in [7, 11) is -0.645. The average molecular weight is 619 g/mol. The number of thiophene rings is 1. The van der Waals surface area contributed by atoms with Gasteiger partial charge in [-0.1, -0.05) is 90.9 Å². The normalized spacial score (nSPS) is 15.1. The van der Waals surface area contributed by atoms with Crippen LogP contribution in [0.4, 0.5) is 0 Å². The predicted octanol–water partition coefficient (Wildman–Crippen LogP) is 4.08. The number of hydrogen-bond acceptors (Lipinski definition) is 7. The van der Waals surface area contributed by atoms with Gasteiger partial charge >= 0.3 is 0 Å². The topological polar surface area (TPSA) is 125 Å². The van der Waals surface area contributed by atoms with E-state index in [0.717, 1.165) is 16.9 Å². The molecule has 11 heteroatoms. The Morgan fingerprint density at radius 1 is 0.952 bits per heavy atom. The van der Waals surface area contributed by atoms with E-state index in [1.165, 1.54) is 17.9 Å². The molecule has 3 N–H and O–H groups in total. The molecule has 1 aromatic carbocycles. The Labute approximate surface area is 255 Å². The maximum atomic E-state index is 14.0. The highest BCUT2D eigenvalue weighted by Crippen LogP contribution is 2.29. The van der Waals surface area contributed by atoms with Crippen LogP contribution in [0.1, 0.15) is 61.0 Å². The quantitative estimate of drug-likeness (QED) is 0.308. The van der Waals surface area contributed by atoms with Crippen molar-refractivity contribution in [2.45, 2.75) is 83.1 Å². The number of rotatable bonds is 12. The van der Waals surface area contributed by atoms with E-state index in [2.05, 4.69) is 15.4 Å². The van der Waals surface area contributed by atoms with Crippen LogP contribution in [-0.2, 0) is 29.8 Å². The Bertz CT molecular complexity index is 1360. The lowest BCUT2D eigenvalue weighted by molar-refractivity contribution is -0.140. The number of carbonyl (C=O) groups excluding carboxylic acids is 3. The zero-order valence-electron chi connectivity index (χ0n) is 26.3. The minimum atomic E-state index is -4.00. The van der Waals surface area contributed by atoms with E-state index < -0.39 is 44.9 Å². The van der Waals surface area contributed by atoms with Crippen molar-refractivity contribution in [3.8, 4) is 0 Å². The van der Waals surface area contributed by atoms with Crippen molar-refractivity contribution in [2.24, 2.45) is 11.3 Å². The van der Waals surface area contributed by atoms with Crippen LogP contribution in [0.25, 0.3) is 0 Å². The molecular formula is C31H46N4O5S2. The van der Waals surface area contributed by atoms with E-state index in [1.807, 2.05) is 78.8 Å². The molecule has 0 saturated carbocycles. The summed E-state index contributed by atoms with van der Waals surface area (Å²) in [6.07, 6.45) is 1.60. The third-order valence-electron chi connectivity index (χ3n) is 7.43. The van der Waals surface area contributed by atoms with E-state index in [0.29, 0.717) is 0 Å². The lowest BCUT2D eigenvalue weighted by Gasteiger charge is -2.40. The minimum Gasteiger partial charge on any atom is -0.342 e. The van der Waals surface area contributed by atoms with Gasteiger partial charge in [-0.2, -0.15) is 0 Å². The predicted molar refractivity (Wildman–Crippen MR) is 169 cm³/mol. The molecule has 2 rings (SSSR count). The van der Waals surface area contributed by atoms with Crippen molar-refractivity contribution in [2.75, 3.05) is 14.1 Å². The molecule has 3 atom stereocenters. The molecule has 0 radical (unpaired) electrons. The number of carbonyl (C=O) groups is 3. The Hall–Kier alpha value is -3.02. The first-order valence-electron chi connectivity index (χ1n) is 13.9. The lowest BCUT2D eigenvalue weighted by atomic mass is 9.76. The fourth-order valence-electron chi connectivity index (χ4n) is 4.83. The van der Waals surface area contributed by atoms with Gasteiger partial charge in [-0.05, 0) is 42.3 Å². The molecule has 0 saturated heterocycles. The van der Waals surface area contributed by atoms with Gasteiger partial charge in [0, 0.05) is 18.0 Å². The highest BCUT2D eigenvalue weighted by Gasteiger charge is 2.41. The summed E-state index contributed by atoms with van der Waals surface area (Å²) in [4.78, 5) is 42.1. The lowest BCUT2D eigenvalue weighted by Crippen LogP contribution is -2.61. The van der Waals surface area contributed by atoms with Crippen LogP contribution >= 0.6 is 11.3 Å². The molecule has 9 nitrogen and oxygen atoms in total. The first-order valence-corrected chi connectivity index (χ1v) is 16.3. The van der Waals surface area contributed by atoms with Crippen molar-refractivity contribution in [3.63, 3.8) is 0 Å². The van der Waals surface area contributed by atoms with Crippen molar-refractivity contribution < 1.29 is 22.8 Å². The summed E-state index contributed by atoms with van der Waals surface area (Å²) >= 11 is 1.01. The summed E-state index contributed by atoms with van der Waals surface area (Å²) in [6.45, 7) is 14.9. The van der Waals surface area contributed by atoms with Gasteiger partial charge in [0.25, 0.3) is 15.9 Å². The van der Waals surface area contributed by atoms with Gasteiger partial charge < -0.3 is 15.5 Å². The maximum absolute atomic E-state index is 14.0. The maximum Gasteiger partial charge on any atom is 0.273 e. The first kappa shape index (κ1) is 35.2. The van der Waals surface area contributed by atoms with E-state index >= 15 is 0 Å². The van der Waals surface area contributed by atoms with E-state index in [4.69, 9.17) is 0 Å². The number of nitrogens with one attached hydrogen (secondary N) is 3. The van der Waals surface area contributed by atoms with Gasteiger partial charge in [0.15, 0.2) is 0 Å². The van der Waals surface area contributed by atoms with E-state index in [-0.39, 0.29) is 27.5 Å². The third kappa shape index (κ3) is 8.52. The van der Waals surface area contributed by atoms with Crippen molar-refractivity contribution in [3.05, 3.63) is 65.1 Å². The van der Waals surface area contributed by atoms with E-state index in [9.17, 15) is 22.8 Å². The van der Waals surface area contributed by atoms with Crippen molar-refractivity contribution >= 4 is 39.1 Å². The van der Waals surface area contributed by atoms with Crippen LogP contribution in [0.2, 0.25) is 0 Å². The smallest absolute Gasteiger partial charge is 0.273 e. The van der Waals surface area contributed by atoms with Gasteiger partial charge in [-0.3, -0.25) is 14.4 Å². The fourth-order valence-corrected chi connectivity index (χ4v) is 6.84. The van der Waals surface area contributed by atoms with Gasteiger partial charge in [0.05, 0.1) is 12.1 Å². The number of benzene rings is 1. The van der Waals surface area contributed by atoms with Gasteiger partial charge in [-0.15, -0.1) is 11.3 Å². The summed E-state index contributed by atoms with van der Waals surface area (Å²) in [5.41, 5.74) is -0.0724. The standard InChI is InChI=1S/C31H46N4O5S2/c1-20(2)23(19-21(3)27(36)34-42(39,40)24-17-14-18-41-24)35(10)29(38)26(30(4,5)6)33-28(37)25(32-9)31(7,8)22-15-12-11-13-16-22/h11-20,23,25-26,32H,1-10H3,(H,33,37)(H,34,36)/b21-19+/t23-,25-,26-/m1/s1. The number of nitrogens with zero attached hydrogens (tertiary/aromatic N) is 1. The first-order chi connectivity index (χ1) is 19.3. The molecule has 42 heavy (non-hydrogen) atoms. The Morgan fingerprint density at radius 3 is 2.02 bits per heavy atom. The van der Waals surface area contributed by atoms with Crippen LogP contribution in [0, 0.1) is 11.3 Å². The van der Waals surface area contributed by atoms with Gasteiger partial charge in [0.2, 0.25) is 11.8 Å². The third-order valence-corrected chi connectivity index (χ3v) is 10.2. The van der Waals surface area contributed by atoms with Crippen LogP contribution in [-0.4, -0.2) is 63.3 Å². The Balaban J connectivity index is 2.32. The van der Waals surface area contributed by atoms with Gasteiger partial charge in [0.1, 0.15) is 10.3 Å². The highest BCUT2D eigenvalue weighted by molar-refractivity contribution is 7.92. The molecule has 232 valence electrons. The SMILES string of the molecule is CN[C@H](C(=O)N[C@H](C(=O)N(C)[C@H](/C=C(\C)C(=O)NS(=O)(=O)c1cccs1)C(C)C)C(C)(C)C)C(C)(C)c1ccccc1. The number of amides is 3. The summed E-state index contributed by atoms with van der Waals surface area (Å²) in [5, 5.41) is 7.76.